The predicted octanol–water partition coefficient (Wildman–Crippen LogP) is 3.84. The van der Waals surface area contributed by atoms with Crippen LogP contribution in [0, 0.1) is 6.92 Å². The second-order valence-electron chi connectivity index (χ2n) is 4.17. The Hall–Kier alpha value is -2.34. The maximum Gasteiger partial charge on any atom is 0.417 e. The molecule has 1 N–H and O–H groups in total. The Morgan fingerprint density at radius 2 is 1.95 bits per heavy atom. The number of para-hydroxylation sites is 1. The first kappa shape index (κ1) is 15.1. The number of thiophene rings is 1. The number of carbonyl (C=O) groups excluding carboxylic acids is 2. The maximum atomic E-state index is 11.8. The van der Waals surface area contributed by atoms with Crippen LogP contribution < -0.4 is 10.1 Å². The van der Waals surface area contributed by atoms with E-state index >= 15 is 0 Å². The van der Waals surface area contributed by atoms with Crippen LogP contribution in [0.25, 0.3) is 0 Å². The summed E-state index contributed by atoms with van der Waals surface area (Å²) in [5, 5.41) is 3.14. The molecule has 0 saturated carbocycles. The normalized spacial score (nSPS) is 10.0. The minimum Gasteiger partial charge on any atom is -0.462 e. The fourth-order valence-electron chi connectivity index (χ4n) is 1.66. The van der Waals surface area contributed by atoms with Gasteiger partial charge in [-0.3, -0.25) is 5.32 Å². The van der Waals surface area contributed by atoms with Gasteiger partial charge in [-0.25, -0.2) is 9.59 Å². The van der Waals surface area contributed by atoms with Gasteiger partial charge in [-0.2, -0.15) is 0 Å². The molecular weight excluding hydrogens is 290 g/mol. The molecule has 1 aromatic carbocycles. The molecule has 0 aliphatic heterocycles. The lowest BCUT2D eigenvalue weighted by Crippen LogP contribution is -2.15. The van der Waals surface area contributed by atoms with Gasteiger partial charge < -0.3 is 9.47 Å². The number of benzene rings is 1. The summed E-state index contributed by atoms with van der Waals surface area (Å²) in [6.07, 6.45) is -0.599. The third-order valence-corrected chi connectivity index (χ3v) is 3.69. The summed E-state index contributed by atoms with van der Waals surface area (Å²) in [6.45, 7) is 3.85. The predicted molar refractivity (Wildman–Crippen MR) is 81.1 cm³/mol. The Kier molecular flexibility index (Phi) is 4.94. The molecule has 1 heterocycles. The number of aryl methyl sites for hydroxylation is 1. The summed E-state index contributed by atoms with van der Waals surface area (Å²) in [5.41, 5.74) is 0.758. The molecule has 2 rings (SSSR count). The summed E-state index contributed by atoms with van der Waals surface area (Å²) in [6, 6.07) is 10.5. The van der Waals surface area contributed by atoms with Crippen molar-refractivity contribution in [2.24, 2.45) is 0 Å². The number of esters is 1. The van der Waals surface area contributed by atoms with Gasteiger partial charge in [-0.15, -0.1) is 11.3 Å². The maximum absolute atomic E-state index is 11.8. The van der Waals surface area contributed by atoms with E-state index in [1.54, 1.807) is 44.2 Å². The smallest absolute Gasteiger partial charge is 0.417 e. The van der Waals surface area contributed by atoms with Gasteiger partial charge >= 0.3 is 12.1 Å². The van der Waals surface area contributed by atoms with E-state index in [4.69, 9.17) is 9.47 Å². The van der Waals surface area contributed by atoms with E-state index in [9.17, 15) is 9.59 Å². The first-order valence-electron chi connectivity index (χ1n) is 6.41. The Bertz CT molecular complexity index is 636. The van der Waals surface area contributed by atoms with E-state index in [2.05, 4.69) is 5.32 Å². The average molecular weight is 305 g/mol. The number of hydrogen-bond acceptors (Lipinski definition) is 5. The largest absolute Gasteiger partial charge is 0.462 e. The van der Waals surface area contributed by atoms with E-state index in [0.29, 0.717) is 22.2 Å². The molecule has 21 heavy (non-hydrogen) atoms. The quantitative estimate of drug-likeness (QED) is 0.872. The van der Waals surface area contributed by atoms with Crippen molar-refractivity contribution in [3.8, 4) is 5.75 Å². The molecule has 0 spiro atoms. The topological polar surface area (TPSA) is 64.6 Å². The molecular formula is C15H15NO4S. The van der Waals surface area contributed by atoms with Crippen LogP contribution in [0.15, 0.2) is 36.4 Å². The Morgan fingerprint density at radius 3 is 2.62 bits per heavy atom. The van der Waals surface area contributed by atoms with Crippen molar-refractivity contribution in [1.29, 1.82) is 0 Å². The number of carbonyl (C=O) groups is 2. The van der Waals surface area contributed by atoms with Crippen molar-refractivity contribution in [3.63, 3.8) is 0 Å². The van der Waals surface area contributed by atoms with Crippen LogP contribution in [0.3, 0.4) is 0 Å². The van der Waals surface area contributed by atoms with Gasteiger partial charge in [-0.1, -0.05) is 18.2 Å². The third kappa shape index (κ3) is 4.06. The first-order chi connectivity index (χ1) is 10.1. The molecule has 5 nitrogen and oxygen atoms in total. The van der Waals surface area contributed by atoms with Crippen molar-refractivity contribution in [2.45, 2.75) is 13.8 Å². The summed E-state index contributed by atoms with van der Waals surface area (Å²) in [4.78, 5) is 23.9. The highest BCUT2D eigenvalue weighted by molar-refractivity contribution is 7.18. The zero-order chi connectivity index (χ0) is 15.2. The second-order valence-corrected chi connectivity index (χ2v) is 5.22. The molecule has 0 aliphatic rings. The van der Waals surface area contributed by atoms with Crippen molar-refractivity contribution in [3.05, 3.63) is 46.8 Å². The average Bonchev–Trinajstić information content (AvgIpc) is 2.80. The van der Waals surface area contributed by atoms with Crippen LogP contribution in [-0.4, -0.2) is 18.7 Å². The SMILES string of the molecule is CCOC(=O)c1sc(NC(=O)Oc2ccccc2)cc1C. The molecule has 0 fully saturated rings. The van der Waals surface area contributed by atoms with Crippen molar-refractivity contribution < 1.29 is 19.1 Å². The van der Waals surface area contributed by atoms with Crippen LogP contribution in [-0.2, 0) is 4.74 Å². The number of nitrogens with one attached hydrogen (secondary N) is 1. The van der Waals surface area contributed by atoms with Crippen LogP contribution in [0.5, 0.6) is 5.75 Å². The molecule has 0 atom stereocenters. The van der Waals surface area contributed by atoms with Crippen LogP contribution in [0.2, 0.25) is 0 Å². The Morgan fingerprint density at radius 1 is 1.24 bits per heavy atom. The fourth-order valence-corrected chi connectivity index (χ4v) is 2.62. The zero-order valence-corrected chi connectivity index (χ0v) is 12.5. The second kappa shape index (κ2) is 6.90. The summed E-state index contributed by atoms with van der Waals surface area (Å²) >= 11 is 1.16. The number of amides is 1. The van der Waals surface area contributed by atoms with Gasteiger partial charge in [-0.05, 0) is 37.6 Å². The Balaban J connectivity index is 2.01. The van der Waals surface area contributed by atoms with E-state index < -0.39 is 6.09 Å². The van der Waals surface area contributed by atoms with E-state index in [0.717, 1.165) is 16.9 Å². The summed E-state index contributed by atoms with van der Waals surface area (Å²) < 4.78 is 10.1. The highest BCUT2D eigenvalue weighted by atomic mass is 32.1. The molecule has 0 radical (unpaired) electrons. The van der Waals surface area contributed by atoms with Crippen molar-refractivity contribution in [2.75, 3.05) is 11.9 Å². The minimum absolute atomic E-state index is 0.314. The molecule has 2 aromatic rings. The van der Waals surface area contributed by atoms with E-state index in [1.807, 2.05) is 6.07 Å². The van der Waals surface area contributed by atoms with Gasteiger partial charge in [0.15, 0.2) is 0 Å². The Labute approximate surface area is 126 Å². The van der Waals surface area contributed by atoms with Crippen LogP contribution >= 0.6 is 11.3 Å². The van der Waals surface area contributed by atoms with Gasteiger partial charge in [0.2, 0.25) is 0 Å². The van der Waals surface area contributed by atoms with Gasteiger partial charge in [0.25, 0.3) is 0 Å². The third-order valence-electron chi connectivity index (χ3n) is 2.56. The lowest BCUT2D eigenvalue weighted by Gasteiger charge is -2.04. The lowest BCUT2D eigenvalue weighted by atomic mass is 10.3. The molecule has 0 bridgehead atoms. The summed E-state index contributed by atoms with van der Waals surface area (Å²) in [5.74, 6) is 0.0679. The standard InChI is InChI=1S/C15H15NO4S/c1-3-19-14(17)13-10(2)9-12(21-13)16-15(18)20-11-7-5-4-6-8-11/h4-9H,3H2,1-2H3,(H,16,18). The molecule has 1 aromatic heterocycles. The van der Waals surface area contributed by atoms with Crippen molar-refractivity contribution >= 4 is 28.4 Å². The fraction of sp³-hybridized carbons (Fsp3) is 0.200. The van der Waals surface area contributed by atoms with Crippen LogP contribution in [0.4, 0.5) is 9.80 Å². The molecule has 6 heteroatoms. The van der Waals surface area contributed by atoms with Crippen molar-refractivity contribution in [1.82, 2.24) is 0 Å². The number of hydrogen-bond donors (Lipinski definition) is 1. The van der Waals surface area contributed by atoms with Gasteiger partial charge in [0.1, 0.15) is 10.6 Å². The monoisotopic (exact) mass is 305 g/mol. The van der Waals surface area contributed by atoms with Crippen LogP contribution in [0.1, 0.15) is 22.2 Å². The highest BCUT2D eigenvalue weighted by Crippen LogP contribution is 2.27. The number of rotatable bonds is 4. The number of ether oxygens (including phenoxy) is 2. The first-order valence-corrected chi connectivity index (χ1v) is 7.23. The minimum atomic E-state index is -0.599. The van der Waals surface area contributed by atoms with Gasteiger partial charge in [0, 0.05) is 0 Å². The zero-order valence-electron chi connectivity index (χ0n) is 11.7. The number of anilines is 1. The molecule has 1 amide bonds. The molecule has 0 aliphatic carbocycles. The van der Waals surface area contributed by atoms with E-state index in [1.165, 1.54) is 0 Å². The lowest BCUT2D eigenvalue weighted by molar-refractivity contribution is 0.0531. The van der Waals surface area contributed by atoms with Gasteiger partial charge in [0.05, 0.1) is 11.6 Å². The van der Waals surface area contributed by atoms with E-state index in [-0.39, 0.29) is 5.97 Å². The summed E-state index contributed by atoms with van der Waals surface area (Å²) in [7, 11) is 0. The molecule has 110 valence electrons. The molecule has 0 saturated heterocycles. The molecule has 0 unspecified atom stereocenters. The highest BCUT2D eigenvalue weighted by Gasteiger charge is 2.16.